The summed E-state index contributed by atoms with van der Waals surface area (Å²) in [5.74, 6) is 0.511. The fourth-order valence-corrected chi connectivity index (χ4v) is 5.78. The van der Waals surface area contributed by atoms with E-state index in [2.05, 4.69) is 24.3 Å². The Bertz CT molecular complexity index is 768. The number of nitrogens with zero attached hydrogens (tertiary/aromatic N) is 1. The number of primary sulfonamides is 1. The van der Waals surface area contributed by atoms with Crippen LogP contribution in [0, 0.1) is 11.8 Å². The van der Waals surface area contributed by atoms with Gasteiger partial charge in [0.05, 0.1) is 5.75 Å². The molecule has 2 fully saturated rings. The van der Waals surface area contributed by atoms with Crippen molar-refractivity contribution in [3.05, 3.63) is 35.4 Å². The molecular weight excluding hydrogens is 324 g/mol. The highest BCUT2D eigenvalue weighted by molar-refractivity contribution is 7.89. The molecule has 1 saturated carbocycles. The Balaban J connectivity index is 1.39. The quantitative estimate of drug-likeness (QED) is 0.897. The number of hydrogen-bond donors (Lipinski definition) is 1. The van der Waals surface area contributed by atoms with Crippen LogP contribution in [0.5, 0.6) is 0 Å². The normalized spacial score (nSPS) is 29.7. The predicted molar refractivity (Wildman–Crippen MR) is 91.8 cm³/mol. The summed E-state index contributed by atoms with van der Waals surface area (Å²) < 4.78 is 22.4. The van der Waals surface area contributed by atoms with E-state index in [0.717, 1.165) is 32.1 Å². The number of carbonyl (C=O) groups excluding carboxylic acids is 1. The molecule has 4 rings (SSSR count). The van der Waals surface area contributed by atoms with E-state index in [1.165, 1.54) is 11.1 Å². The maximum atomic E-state index is 12.9. The highest BCUT2D eigenvalue weighted by atomic mass is 32.2. The lowest BCUT2D eigenvalue weighted by molar-refractivity contribution is -0.134. The van der Waals surface area contributed by atoms with E-state index in [0.29, 0.717) is 13.1 Å². The Hall–Kier alpha value is -1.40. The van der Waals surface area contributed by atoms with Crippen molar-refractivity contribution >= 4 is 15.9 Å². The van der Waals surface area contributed by atoms with Gasteiger partial charge < -0.3 is 4.90 Å². The van der Waals surface area contributed by atoms with Crippen LogP contribution in [0.2, 0.25) is 0 Å². The molecule has 2 N–H and O–H groups in total. The van der Waals surface area contributed by atoms with E-state index in [4.69, 9.17) is 5.14 Å². The van der Waals surface area contributed by atoms with E-state index in [-0.39, 0.29) is 28.9 Å². The fourth-order valence-electron chi connectivity index (χ4n) is 4.79. The number of aryl methyl sites for hydroxylation is 1. The second-order valence-electron chi connectivity index (χ2n) is 7.67. The Kier molecular flexibility index (Phi) is 3.73. The highest BCUT2D eigenvalue weighted by Gasteiger charge is 2.62. The minimum absolute atomic E-state index is 0.0375. The number of carbonyl (C=O) groups is 1. The minimum atomic E-state index is -3.42. The number of rotatable bonds is 3. The molecule has 1 aromatic carbocycles. The van der Waals surface area contributed by atoms with Gasteiger partial charge in [-0.2, -0.15) is 0 Å². The predicted octanol–water partition coefficient (Wildman–Crippen LogP) is 1.42. The zero-order chi connectivity index (χ0) is 16.9. The third-order valence-electron chi connectivity index (χ3n) is 6.16. The van der Waals surface area contributed by atoms with Gasteiger partial charge in [-0.15, -0.1) is 0 Å². The van der Waals surface area contributed by atoms with Crippen molar-refractivity contribution in [1.82, 2.24) is 4.90 Å². The summed E-state index contributed by atoms with van der Waals surface area (Å²) in [6, 6.07) is 8.52. The molecule has 1 saturated heterocycles. The largest absolute Gasteiger partial charge is 0.342 e. The van der Waals surface area contributed by atoms with Gasteiger partial charge in [0.2, 0.25) is 15.9 Å². The summed E-state index contributed by atoms with van der Waals surface area (Å²) in [6.07, 6.45) is 4.61. The maximum Gasteiger partial charge on any atom is 0.226 e. The van der Waals surface area contributed by atoms with Crippen molar-refractivity contribution in [3.8, 4) is 0 Å². The van der Waals surface area contributed by atoms with Gasteiger partial charge in [0, 0.05) is 24.4 Å². The molecule has 2 unspecified atom stereocenters. The monoisotopic (exact) mass is 348 g/mol. The van der Waals surface area contributed by atoms with E-state index in [1.54, 1.807) is 0 Å². The Morgan fingerprint density at radius 1 is 1.25 bits per heavy atom. The lowest BCUT2D eigenvalue weighted by Crippen LogP contribution is -2.42. The number of benzene rings is 1. The third-order valence-corrected chi connectivity index (χ3v) is 7.10. The van der Waals surface area contributed by atoms with Gasteiger partial charge in [0.15, 0.2) is 0 Å². The molecule has 24 heavy (non-hydrogen) atoms. The number of piperidine rings is 1. The van der Waals surface area contributed by atoms with Crippen molar-refractivity contribution < 1.29 is 13.2 Å². The molecule has 6 heteroatoms. The zero-order valence-electron chi connectivity index (χ0n) is 13.8. The van der Waals surface area contributed by atoms with Crippen LogP contribution in [-0.4, -0.2) is 38.1 Å². The topological polar surface area (TPSA) is 80.5 Å². The SMILES string of the molecule is NS(=O)(=O)CC1CCN(C(=O)C2CC23CCc2ccccc23)CC1. The molecule has 1 spiro atoms. The molecular formula is C18H24N2O3S. The highest BCUT2D eigenvalue weighted by Crippen LogP contribution is 2.62. The second-order valence-corrected chi connectivity index (χ2v) is 9.33. The van der Waals surface area contributed by atoms with Crippen LogP contribution in [0.15, 0.2) is 24.3 Å². The minimum Gasteiger partial charge on any atom is -0.342 e. The van der Waals surface area contributed by atoms with Crippen molar-refractivity contribution in [2.75, 3.05) is 18.8 Å². The summed E-state index contributed by atoms with van der Waals surface area (Å²) in [7, 11) is -3.42. The lowest BCUT2D eigenvalue weighted by Gasteiger charge is -2.32. The van der Waals surface area contributed by atoms with E-state index < -0.39 is 10.0 Å². The Labute approximate surface area is 143 Å². The van der Waals surface area contributed by atoms with Crippen LogP contribution >= 0.6 is 0 Å². The average Bonchev–Trinajstić information content (AvgIpc) is 3.15. The Morgan fingerprint density at radius 2 is 1.96 bits per heavy atom. The molecule has 1 aliphatic heterocycles. The van der Waals surface area contributed by atoms with Gasteiger partial charge >= 0.3 is 0 Å². The molecule has 3 aliphatic rings. The second kappa shape index (κ2) is 5.56. The lowest BCUT2D eigenvalue weighted by atomic mass is 9.94. The van der Waals surface area contributed by atoms with E-state index >= 15 is 0 Å². The van der Waals surface area contributed by atoms with Crippen molar-refractivity contribution in [2.45, 2.75) is 37.5 Å². The smallest absolute Gasteiger partial charge is 0.226 e. The summed E-state index contributed by atoms with van der Waals surface area (Å²) in [5.41, 5.74) is 2.87. The maximum absolute atomic E-state index is 12.9. The standard InChI is InChI=1S/C18H24N2O3S/c19-24(22,23)12-13-6-9-20(10-7-13)17(21)16-11-18(16)8-5-14-3-1-2-4-15(14)18/h1-4,13,16H,5-12H2,(H2,19,22,23). The molecule has 0 aromatic heterocycles. The molecule has 1 heterocycles. The number of likely N-dealkylation sites (tertiary alicyclic amines) is 1. The molecule has 5 nitrogen and oxygen atoms in total. The van der Waals surface area contributed by atoms with Crippen LogP contribution in [0.1, 0.15) is 36.8 Å². The number of nitrogens with two attached hydrogens (primary N) is 1. The first-order valence-corrected chi connectivity index (χ1v) is 10.5. The van der Waals surface area contributed by atoms with E-state index in [9.17, 15) is 13.2 Å². The van der Waals surface area contributed by atoms with Gasteiger partial charge in [-0.25, -0.2) is 13.6 Å². The summed E-state index contributed by atoms with van der Waals surface area (Å²) in [4.78, 5) is 14.9. The van der Waals surface area contributed by atoms with Gasteiger partial charge in [-0.05, 0) is 49.1 Å². The number of amides is 1. The van der Waals surface area contributed by atoms with Gasteiger partial charge in [-0.3, -0.25) is 4.79 Å². The van der Waals surface area contributed by atoms with Crippen molar-refractivity contribution in [2.24, 2.45) is 17.0 Å². The van der Waals surface area contributed by atoms with Gasteiger partial charge in [0.1, 0.15) is 0 Å². The molecule has 2 aliphatic carbocycles. The van der Waals surface area contributed by atoms with Crippen molar-refractivity contribution in [1.29, 1.82) is 0 Å². The first-order valence-electron chi connectivity index (χ1n) is 8.77. The van der Waals surface area contributed by atoms with Crippen LogP contribution in [0.4, 0.5) is 0 Å². The van der Waals surface area contributed by atoms with Crippen LogP contribution in [0.25, 0.3) is 0 Å². The van der Waals surface area contributed by atoms with Crippen LogP contribution in [-0.2, 0) is 26.7 Å². The third kappa shape index (κ3) is 2.75. The van der Waals surface area contributed by atoms with Crippen LogP contribution < -0.4 is 5.14 Å². The molecule has 1 amide bonds. The summed E-state index contributed by atoms with van der Waals surface area (Å²) in [6.45, 7) is 1.32. The molecule has 1 aromatic rings. The first kappa shape index (κ1) is 16.1. The van der Waals surface area contributed by atoms with Crippen molar-refractivity contribution in [3.63, 3.8) is 0 Å². The molecule has 0 radical (unpaired) electrons. The molecule has 2 atom stereocenters. The number of hydrogen-bond acceptors (Lipinski definition) is 3. The van der Waals surface area contributed by atoms with Gasteiger partial charge in [0.25, 0.3) is 0 Å². The number of sulfonamides is 1. The summed E-state index contributed by atoms with van der Waals surface area (Å²) >= 11 is 0. The Morgan fingerprint density at radius 3 is 2.67 bits per heavy atom. The number of fused-ring (bicyclic) bond motifs is 2. The fraction of sp³-hybridized carbons (Fsp3) is 0.611. The zero-order valence-corrected chi connectivity index (χ0v) is 14.6. The van der Waals surface area contributed by atoms with Crippen LogP contribution in [0.3, 0.4) is 0 Å². The average molecular weight is 348 g/mol. The first-order chi connectivity index (χ1) is 11.4. The van der Waals surface area contributed by atoms with E-state index in [1.807, 2.05) is 4.90 Å². The molecule has 130 valence electrons. The molecule has 0 bridgehead atoms. The van der Waals surface area contributed by atoms with Gasteiger partial charge in [-0.1, -0.05) is 24.3 Å². The summed E-state index contributed by atoms with van der Waals surface area (Å²) in [5, 5.41) is 5.13.